The predicted molar refractivity (Wildman–Crippen MR) is 66.3 cm³/mol. The van der Waals surface area contributed by atoms with Gasteiger partial charge in [-0.2, -0.15) is 13.2 Å². The van der Waals surface area contributed by atoms with E-state index in [0.29, 0.717) is 24.6 Å². The first kappa shape index (κ1) is 15.0. The second kappa shape index (κ2) is 6.21. The van der Waals surface area contributed by atoms with Gasteiger partial charge in [0.2, 0.25) is 0 Å². The van der Waals surface area contributed by atoms with Crippen molar-refractivity contribution in [3.63, 3.8) is 0 Å². The Balaban J connectivity index is 2.93. The van der Waals surface area contributed by atoms with Gasteiger partial charge in [0.05, 0.1) is 5.69 Å². The summed E-state index contributed by atoms with van der Waals surface area (Å²) in [5, 5.41) is 2.70. The lowest BCUT2D eigenvalue weighted by Crippen LogP contribution is -2.21. The molecule has 0 fully saturated rings. The van der Waals surface area contributed by atoms with Crippen LogP contribution in [0.25, 0.3) is 0 Å². The van der Waals surface area contributed by atoms with Crippen LogP contribution >= 0.6 is 0 Å². The molecule has 0 aliphatic carbocycles. The van der Waals surface area contributed by atoms with Crippen LogP contribution in [-0.4, -0.2) is 16.9 Å². The number of hydrogen-bond donors (Lipinski definition) is 2. The molecule has 19 heavy (non-hydrogen) atoms. The molecule has 1 rings (SSSR count). The first-order valence-corrected chi connectivity index (χ1v) is 5.63. The fraction of sp³-hybridized carbons (Fsp3) is 0.333. The van der Waals surface area contributed by atoms with E-state index in [1.54, 1.807) is 19.1 Å². The van der Waals surface area contributed by atoms with Crippen LogP contribution in [0, 0.1) is 0 Å². The molecule has 0 saturated heterocycles. The molecule has 0 aromatic carbocycles. The van der Waals surface area contributed by atoms with Crippen molar-refractivity contribution >= 4 is 17.3 Å². The van der Waals surface area contributed by atoms with E-state index in [-0.39, 0.29) is 11.5 Å². The number of nitrogens with one attached hydrogen (secondary N) is 1. The van der Waals surface area contributed by atoms with E-state index in [9.17, 15) is 18.0 Å². The second-order valence-corrected chi connectivity index (χ2v) is 3.84. The first-order chi connectivity index (χ1) is 8.84. The van der Waals surface area contributed by atoms with Crippen molar-refractivity contribution in [1.29, 1.82) is 0 Å². The summed E-state index contributed by atoms with van der Waals surface area (Å²) in [5.41, 5.74) is 6.10. The highest BCUT2D eigenvalue weighted by molar-refractivity contribution is 5.95. The Bertz CT molecular complexity index is 483. The van der Waals surface area contributed by atoms with Crippen LogP contribution in [0.5, 0.6) is 0 Å². The molecular formula is C12H14F3N3O. The number of ketones is 1. The lowest BCUT2D eigenvalue weighted by molar-refractivity contribution is -0.165. The normalized spacial score (nSPS) is 12.3. The fourth-order valence-electron chi connectivity index (χ4n) is 1.38. The van der Waals surface area contributed by atoms with Crippen molar-refractivity contribution in [2.24, 2.45) is 0 Å². The van der Waals surface area contributed by atoms with Crippen LogP contribution in [0.15, 0.2) is 30.1 Å². The van der Waals surface area contributed by atoms with E-state index in [0.717, 1.165) is 0 Å². The molecule has 0 unspecified atom stereocenters. The summed E-state index contributed by atoms with van der Waals surface area (Å²) < 4.78 is 36.6. The van der Waals surface area contributed by atoms with Crippen LogP contribution in [0.4, 0.5) is 24.7 Å². The summed E-state index contributed by atoms with van der Waals surface area (Å²) in [6.07, 6.45) is -1.97. The average Bonchev–Trinajstić information content (AvgIpc) is 2.31. The Morgan fingerprint density at radius 3 is 2.74 bits per heavy atom. The zero-order valence-electron chi connectivity index (χ0n) is 10.3. The SMILES string of the molecule is CCC/C(=C\C(=O)C(F)(F)F)Nc1cccnc1N. The van der Waals surface area contributed by atoms with E-state index in [1.165, 1.54) is 6.20 Å². The molecule has 4 nitrogen and oxygen atoms in total. The van der Waals surface area contributed by atoms with E-state index >= 15 is 0 Å². The Hall–Kier alpha value is -2.05. The van der Waals surface area contributed by atoms with Gasteiger partial charge < -0.3 is 11.1 Å². The summed E-state index contributed by atoms with van der Waals surface area (Å²) in [5.74, 6) is -1.74. The highest BCUT2D eigenvalue weighted by Crippen LogP contribution is 2.21. The maximum absolute atomic E-state index is 12.2. The number of carbonyl (C=O) groups excluding carboxylic acids is 1. The van der Waals surface area contributed by atoms with Crippen LogP contribution in [0.3, 0.4) is 0 Å². The van der Waals surface area contributed by atoms with Crippen molar-refractivity contribution < 1.29 is 18.0 Å². The summed E-state index contributed by atoms with van der Waals surface area (Å²) in [7, 11) is 0. The largest absolute Gasteiger partial charge is 0.454 e. The molecule has 0 atom stereocenters. The number of rotatable bonds is 5. The summed E-state index contributed by atoms with van der Waals surface area (Å²) in [4.78, 5) is 14.7. The van der Waals surface area contributed by atoms with Gasteiger partial charge in [0, 0.05) is 18.0 Å². The minimum absolute atomic E-state index is 0.156. The summed E-state index contributed by atoms with van der Waals surface area (Å²) >= 11 is 0. The van der Waals surface area contributed by atoms with Gasteiger partial charge in [-0.25, -0.2) is 4.98 Å². The van der Waals surface area contributed by atoms with Gasteiger partial charge in [0.1, 0.15) is 5.82 Å². The molecule has 0 bridgehead atoms. The minimum atomic E-state index is -4.87. The predicted octanol–water partition coefficient (Wildman–Crippen LogP) is 2.89. The third kappa shape index (κ3) is 4.61. The topological polar surface area (TPSA) is 68.0 Å². The van der Waals surface area contributed by atoms with Crippen LogP contribution < -0.4 is 11.1 Å². The number of nitrogens with zero attached hydrogens (tertiary/aromatic N) is 1. The minimum Gasteiger partial charge on any atom is -0.382 e. The zero-order chi connectivity index (χ0) is 14.5. The van der Waals surface area contributed by atoms with Gasteiger partial charge in [0.15, 0.2) is 0 Å². The van der Waals surface area contributed by atoms with Gasteiger partial charge in [0.25, 0.3) is 5.78 Å². The zero-order valence-corrected chi connectivity index (χ0v) is 10.3. The first-order valence-electron chi connectivity index (χ1n) is 5.63. The van der Waals surface area contributed by atoms with Crippen molar-refractivity contribution in [3.05, 3.63) is 30.1 Å². The third-order valence-corrected chi connectivity index (χ3v) is 2.24. The lowest BCUT2D eigenvalue weighted by Gasteiger charge is -2.12. The number of allylic oxidation sites excluding steroid dienone is 2. The molecule has 0 radical (unpaired) electrons. The maximum atomic E-state index is 12.2. The highest BCUT2D eigenvalue weighted by atomic mass is 19.4. The van der Waals surface area contributed by atoms with E-state index < -0.39 is 12.0 Å². The molecule has 0 amide bonds. The van der Waals surface area contributed by atoms with Crippen molar-refractivity contribution in [1.82, 2.24) is 4.98 Å². The Labute approximate surface area is 108 Å². The van der Waals surface area contributed by atoms with Crippen molar-refractivity contribution in [3.8, 4) is 0 Å². The molecule has 3 N–H and O–H groups in total. The highest BCUT2D eigenvalue weighted by Gasteiger charge is 2.36. The number of pyridine rings is 1. The average molecular weight is 273 g/mol. The Morgan fingerprint density at radius 1 is 1.53 bits per heavy atom. The van der Waals surface area contributed by atoms with Crippen LogP contribution in [-0.2, 0) is 4.79 Å². The van der Waals surface area contributed by atoms with E-state index in [2.05, 4.69) is 10.3 Å². The summed E-state index contributed by atoms with van der Waals surface area (Å²) in [6, 6.07) is 3.16. The number of hydrogen-bond acceptors (Lipinski definition) is 4. The number of anilines is 2. The van der Waals surface area contributed by atoms with E-state index in [4.69, 9.17) is 5.73 Å². The third-order valence-electron chi connectivity index (χ3n) is 2.24. The van der Waals surface area contributed by atoms with Gasteiger partial charge in [-0.05, 0) is 18.6 Å². The standard InChI is InChI=1S/C12H14F3N3O/c1-2-4-8(7-10(19)12(13,14)15)18-9-5-3-6-17-11(9)16/h3,5-7,18H,2,4H2,1H3,(H2,16,17)/b8-7+. The van der Waals surface area contributed by atoms with Gasteiger partial charge >= 0.3 is 6.18 Å². The number of carbonyl (C=O) groups is 1. The number of aromatic nitrogens is 1. The molecular weight excluding hydrogens is 259 g/mol. The van der Waals surface area contributed by atoms with Gasteiger partial charge in [-0.15, -0.1) is 0 Å². The van der Waals surface area contributed by atoms with Crippen molar-refractivity contribution in [2.75, 3.05) is 11.1 Å². The molecule has 0 aliphatic rings. The van der Waals surface area contributed by atoms with Gasteiger partial charge in [-0.3, -0.25) is 4.79 Å². The molecule has 104 valence electrons. The maximum Gasteiger partial charge on any atom is 0.454 e. The van der Waals surface area contributed by atoms with E-state index in [1.807, 2.05) is 0 Å². The molecule has 1 heterocycles. The Morgan fingerprint density at radius 2 is 2.21 bits per heavy atom. The summed E-state index contributed by atoms with van der Waals surface area (Å²) in [6.45, 7) is 1.79. The molecule has 1 aromatic heterocycles. The number of halogens is 3. The quantitative estimate of drug-likeness (QED) is 0.809. The second-order valence-electron chi connectivity index (χ2n) is 3.84. The molecule has 0 aliphatic heterocycles. The molecule has 0 saturated carbocycles. The van der Waals surface area contributed by atoms with Crippen LogP contribution in [0.2, 0.25) is 0 Å². The fourth-order valence-corrected chi connectivity index (χ4v) is 1.38. The van der Waals surface area contributed by atoms with Crippen LogP contribution in [0.1, 0.15) is 19.8 Å². The molecule has 7 heteroatoms. The Kier molecular flexibility index (Phi) is 4.91. The van der Waals surface area contributed by atoms with Crippen molar-refractivity contribution in [2.45, 2.75) is 25.9 Å². The number of nitrogens with two attached hydrogens (primary N) is 1. The smallest absolute Gasteiger partial charge is 0.382 e. The number of nitrogen functional groups attached to an aromatic ring is 1. The lowest BCUT2D eigenvalue weighted by atomic mass is 10.2. The molecule has 0 spiro atoms. The monoisotopic (exact) mass is 273 g/mol. The molecule has 1 aromatic rings. The number of alkyl halides is 3. The van der Waals surface area contributed by atoms with Gasteiger partial charge in [-0.1, -0.05) is 13.3 Å².